The lowest BCUT2D eigenvalue weighted by atomic mass is 9.90. The molecule has 0 aliphatic carbocycles. The van der Waals surface area contributed by atoms with Crippen molar-refractivity contribution in [2.24, 2.45) is 0 Å². The van der Waals surface area contributed by atoms with E-state index in [9.17, 15) is 43.2 Å². The van der Waals surface area contributed by atoms with Crippen LogP contribution < -0.4 is 19.0 Å². The molecule has 0 fully saturated rings. The summed E-state index contributed by atoms with van der Waals surface area (Å²) in [7, 11) is -5.60. The molecule has 0 bridgehead atoms. The molecule has 0 radical (unpaired) electrons. The number of thiophene rings is 3. The fourth-order valence-corrected chi connectivity index (χ4v) is 16.3. The minimum Gasteiger partial charge on any atom is -0.493 e. The summed E-state index contributed by atoms with van der Waals surface area (Å²) in [5, 5.41) is 18.6. The van der Waals surface area contributed by atoms with Gasteiger partial charge in [0.25, 0.3) is 20.0 Å². The third-order valence-corrected chi connectivity index (χ3v) is 22.5. The van der Waals surface area contributed by atoms with Crippen LogP contribution in [0.25, 0.3) is 87.4 Å². The lowest BCUT2D eigenvalue weighted by molar-refractivity contribution is 0.386. The summed E-state index contributed by atoms with van der Waals surface area (Å²) >= 11 is 24.8. The van der Waals surface area contributed by atoms with Gasteiger partial charge in [-0.05, 0) is 121 Å². The highest BCUT2D eigenvalue weighted by atomic mass is 79.9. The molecule has 0 unspecified atom stereocenters. The van der Waals surface area contributed by atoms with Crippen LogP contribution in [0, 0.1) is 48.8 Å². The molecule has 0 saturated heterocycles. The molecule has 0 aliphatic heterocycles. The Morgan fingerprint density at radius 1 is 0.485 bits per heavy atom. The molecule has 5 aromatic carbocycles. The molecule has 506 valence electrons. The van der Waals surface area contributed by atoms with Gasteiger partial charge in [-0.1, -0.05) is 76.3 Å². The first-order chi connectivity index (χ1) is 47.2. The van der Waals surface area contributed by atoms with E-state index in [4.69, 9.17) is 59.1 Å². The maximum atomic E-state index is 14.6. The molecule has 9 heterocycles. The number of hydrogen-bond donors (Lipinski definition) is 3. The quantitative estimate of drug-likeness (QED) is 0.0730. The van der Waals surface area contributed by atoms with E-state index in [1.54, 1.807) is 73.2 Å². The van der Waals surface area contributed by atoms with Gasteiger partial charge in [-0.3, -0.25) is 0 Å². The number of nitrogens with one attached hydrogen (secondary N) is 1. The van der Waals surface area contributed by atoms with Gasteiger partial charge in [-0.25, -0.2) is 66.1 Å². The van der Waals surface area contributed by atoms with Crippen molar-refractivity contribution >= 4 is 150 Å². The van der Waals surface area contributed by atoms with E-state index in [0.717, 1.165) is 69.3 Å². The summed E-state index contributed by atoms with van der Waals surface area (Å²) in [5.41, 5.74) is 5.83. The van der Waals surface area contributed by atoms with Crippen LogP contribution in [-0.2, 0) is 20.0 Å². The number of pyridine rings is 3. The number of rotatable bonds is 13. The summed E-state index contributed by atoms with van der Waals surface area (Å²) in [4.78, 5) is 18.0. The Bertz CT molecular complexity index is 5620. The number of benzene rings is 5. The van der Waals surface area contributed by atoms with Gasteiger partial charge in [-0.15, -0.1) is 34.0 Å². The molecule has 9 aromatic heterocycles. The van der Waals surface area contributed by atoms with E-state index >= 15 is 0 Å². The van der Waals surface area contributed by atoms with Crippen molar-refractivity contribution in [3.05, 3.63) is 240 Å². The van der Waals surface area contributed by atoms with Crippen LogP contribution in [0.5, 0.6) is 17.2 Å². The number of hydrogen-bond acceptors (Lipinski definition) is 15. The first-order valence-electron chi connectivity index (χ1n) is 28.7. The van der Waals surface area contributed by atoms with Crippen LogP contribution in [0.1, 0.15) is 11.1 Å². The predicted molar refractivity (Wildman–Crippen MR) is 382 cm³/mol. The van der Waals surface area contributed by atoms with E-state index in [-0.39, 0.29) is 60.6 Å². The molecule has 14 rings (SSSR count). The predicted octanol–water partition coefficient (Wildman–Crippen LogP) is 18.2. The Morgan fingerprint density at radius 3 is 1.27 bits per heavy atom. The Morgan fingerprint density at radius 2 is 0.879 bits per heavy atom. The smallest absolute Gasteiger partial charge is 0.493 e. The normalized spacial score (nSPS) is 11.4. The van der Waals surface area contributed by atoms with Crippen molar-refractivity contribution < 1.29 is 67.4 Å². The molecule has 0 aliphatic rings. The monoisotopic (exact) mass is 1560 g/mol. The van der Waals surface area contributed by atoms with E-state index in [2.05, 4.69) is 35.9 Å². The second-order valence-corrected chi connectivity index (χ2v) is 31.1. The van der Waals surface area contributed by atoms with Gasteiger partial charge >= 0.3 is 7.12 Å². The van der Waals surface area contributed by atoms with Crippen LogP contribution in [0.4, 0.5) is 26.3 Å². The number of methoxy groups -OCH3 is 3. The van der Waals surface area contributed by atoms with Crippen molar-refractivity contribution in [1.29, 1.82) is 0 Å². The number of fused-ring (bicyclic) bond motifs is 3. The van der Waals surface area contributed by atoms with Crippen LogP contribution >= 0.6 is 84.7 Å². The molecule has 0 spiro atoms. The lowest BCUT2D eigenvalue weighted by Gasteiger charge is -2.09. The van der Waals surface area contributed by atoms with Gasteiger partial charge in [0, 0.05) is 135 Å². The van der Waals surface area contributed by atoms with Crippen LogP contribution in [0.3, 0.4) is 0 Å². The molecular formula is C68H47BBrCl3F6N6O9S5. The van der Waals surface area contributed by atoms with Gasteiger partial charge in [0.05, 0.1) is 44.1 Å². The highest BCUT2D eigenvalue weighted by Crippen LogP contribution is 2.44. The molecule has 3 N–H and O–H groups in total. The number of aromatic amines is 1. The summed E-state index contributed by atoms with van der Waals surface area (Å²) in [6, 6.07) is 34.2. The Kier molecular flexibility index (Phi) is 21.6. The number of H-pyrrole nitrogens is 1. The first-order valence-corrected chi connectivity index (χ1v) is 36.0. The van der Waals surface area contributed by atoms with Crippen molar-refractivity contribution in [2.45, 2.75) is 23.6 Å². The zero-order valence-corrected chi connectivity index (χ0v) is 59.6. The van der Waals surface area contributed by atoms with Crippen molar-refractivity contribution in [3.63, 3.8) is 0 Å². The number of aryl methyl sites for hydroxylation is 2. The van der Waals surface area contributed by atoms with Crippen LogP contribution in [0.15, 0.2) is 191 Å². The topological polar surface area (TPSA) is 201 Å². The Labute approximate surface area is 597 Å². The van der Waals surface area contributed by atoms with Crippen LogP contribution in [-0.4, -0.2) is 83.2 Å². The second-order valence-electron chi connectivity index (χ2n) is 21.4. The van der Waals surface area contributed by atoms with Gasteiger partial charge in [0.1, 0.15) is 23.1 Å². The molecule has 14 aromatic rings. The largest absolute Gasteiger partial charge is 0.499 e. The maximum Gasteiger partial charge on any atom is 0.499 e. The highest BCUT2D eigenvalue weighted by molar-refractivity contribution is 9.10. The fraction of sp³-hybridized carbons (Fsp3) is 0.0735. The molecule has 0 saturated carbocycles. The molecule has 0 amide bonds. The summed E-state index contributed by atoms with van der Waals surface area (Å²) < 4.78 is 159. The number of ether oxygens (including phenoxy) is 3. The van der Waals surface area contributed by atoms with Gasteiger partial charge in [0.15, 0.2) is 46.0 Å². The van der Waals surface area contributed by atoms with Gasteiger partial charge in [0.2, 0.25) is 0 Å². The van der Waals surface area contributed by atoms with Crippen molar-refractivity contribution in [3.8, 4) is 71.5 Å². The summed E-state index contributed by atoms with van der Waals surface area (Å²) in [6.07, 6.45) is 9.01. The average molecular weight is 1560 g/mol. The zero-order valence-electron chi connectivity index (χ0n) is 51.6. The fourth-order valence-electron chi connectivity index (χ4n) is 10.4. The average Bonchev–Trinajstić information content (AvgIpc) is 1.58. The lowest BCUT2D eigenvalue weighted by Crippen LogP contribution is -2.26. The third kappa shape index (κ3) is 15.2. The second kappa shape index (κ2) is 29.7. The number of halogens is 10. The van der Waals surface area contributed by atoms with Crippen molar-refractivity contribution in [2.75, 3.05) is 21.3 Å². The number of aromatic nitrogens is 6. The van der Waals surface area contributed by atoms with E-state index in [1.165, 1.54) is 92.9 Å². The van der Waals surface area contributed by atoms with E-state index in [0.29, 0.717) is 67.5 Å². The highest BCUT2D eigenvalue weighted by Gasteiger charge is 2.29. The summed E-state index contributed by atoms with van der Waals surface area (Å²) in [5.74, 6) is -5.25. The Hall–Kier alpha value is -8.52. The molecule has 99 heavy (non-hydrogen) atoms. The SMILES string of the molecule is COc1c(F)cc(F)cc1-c1c[nH]c2ncc(-c3ccc(Cl)s3)cc12.COc1c(F)cc(F)cc1-c1cn(S(=O)(=O)c2ccc(C)cc2)c2ncc(-c3ccc(Cl)s3)cc12.COc1c(F)cc(F)cc1-c1cn(S(=O)(=O)c2ccc(C)cc2)c2ncc(Br)cc12.OB(O)c1ccc(Cl)s1. The van der Waals surface area contributed by atoms with E-state index < -0.39 is 62.1 Å². The van der Waals surface area contributed by atoms with Gasteiger partial charge < -0.3 is 29.2 Å². The standard InChI is InChI=1S/C25H17ClF2N2O3S2.C21H15BrF2N2O3S.C18H11ClF2N2OS.C4H4BClO2S/c1-14-3-5-17(6-4-14)35(31,32)30-13-20(18-10-16(27)11-21(28)24(18)33-2)19-9-15(12-29-25(19)30)22-7-8-23(26)34-22;1-12-3-5-15(6-4-12)30(27,28)26-11-18(17-7-13(22)10-25-21(17)26)16-8-14(23)9-19(24)20(16)29-2;1-24-17-11(5-10(20)6-14(17)21)13-8-23-18-12(13)4-9(7-22-18)15-2-3-16(19)25-15;6-4-2-1-3(9-4)5(7)8/h3-13H,1-2H3;3-11H,1-2H3;2-8H,1H3,(H,22,23);1-2,7-8H. The molecular weight excluding hydrogens is 1520 g/mol. The van der Waals surface area contributed by atoms with Crippen LogP contribution in [0.2, 0.25) is 13.0 Å². The first kappa shape index (κ1) is 71.8. The third-order valence-electron chi connectivity index (χ3n) is 14.9. The molecule has 15 nitrogen and oxygen atoms in total. The molecule has 31 heteroatoms. The number of nitrogens with zero attached hydrogens (tertiary/aromatic N) is 5. The zero-order chi connectivity index (χ0) is 70.9. The maximum absolute atomic E-state index is 14.6. The summed E-state index contributed by atoms with van der Waals surface area (Å²) in [6.45, 7) is 3.70. The van der Waals surface area contributed by atoms with E-state index in [1.807, 2.05) is 38.1 Å². The molecule has 0 atom stereocenters. The van der Waals surface area contributed by atoms with Gasteiger partial charge in [-0.2, -0.15) is 0 Å². The minimum absolute atomic E-state index is 0.00753. The minimum atomic E-state index is -4.08. The van der Waals surface area contributed by atoms with Crippen molar-refractivity contribution in [1.82, 2.24) is 27.9 Å². The Balaban J connectivity index is 0.000000142.